The smallest absolute Gasteiger partial charge is 0.318 e. The second kappa shape index (κ2) is 8.15. The van der Waals surface area contributed by atoms with Gasteiger partial charge in [0.15, 0.2) is 0 Å². The van der Waals surface area contributed by atoms with Gasteiger partial charge in [-0.2, -0.15) is 5.10 Å². The van der Waals surface area contributed by atoms with Crippen LogP contribution in [0.3, 0.4) is 0 Å². The minimum Gasteiger partial charge on any atom is -0.318 e. The highest BCUT2D eigenvalue weighted by molar-refractivity contribution is 6.39. The average Bonchev–Trinajstić information content (AvgIpc) is 2.57. The molecule has 6 heteroatoms. The predicted octanol–water partition coefficient (Wildman–Crippen LogP) is 4.03. The van der Waals surface area contributed by atoms with Crippen molar-refractivity contribution in [3.05, 3.63) is 64.2 Å². The fraction of sp³-hybridized carbons (Fsp3) is 0.250. The summed E-state index contributed by atoms with van der Waals surface area (Å²) in [6.45, 7) is 8.26. The summed E-state index contributed by atoms with van der Waals surface area (Å²) in [6.07, 6.45) is 1.49. The van der Waals surface area contributed by atoms with Crippen LogP contribution in [0.5, 0.6) is 0 Å². The number of anilines is 1. The van der Waals surface area contributed by atoms with Crippen molar-refractivity contribution in [2.45, 2.75) is 33.1 Å². The second-order valence-corrected chi connectivity index (χ2v) is 7.40. The van der Waals surface area contributed by atoms with E-state index in [4.69, 9.17) is 11.6 Å². The zero-order chi connectivity index (χ0) is 19.3. The van der Waals surface area contributed by atoms with Crippen molar-refractivity contribution in [1.29, 1.82) is 0 Å². The van der Waals surface area contributed by atoms with Gasteiger partial charge in [0, 0.05) is 10.7 Å². The topological polar surface area (TPSA) is 70.6 Å². The maximum absolute atomic E-state index is 11.9. The zero-order valence-electron chi connectivity index (χ0n) is 15.3. The summed E-state index contributed by atoms with van der Waals surface area (Å²) in [6, 6.07) is 12.9. The largest absolute Gasteiger partial charge is 0.329 e. The van der Waals surface area contributed by atoms with Gasteiger partial charge in [-0.3, -0.25) is 9.59 Å². The van der Waals surface area contributed by atoms with Gasteiger partial charge in [0.05, 0.1) is 6.21 Å². The molecule has 0 aliphatic rings. The Morgan fingerprint density at radius 2 is 1.69 bits per heavy atom. The van der Waals surface area contributed by atoms with Crippen LogP contribution in [0.2, 0.25) is 5.02 Å². The monoisotopic (exact) mass is 371 g/mol. The van der Waals surface area contributed by atoms with E-state index in [0.29, 0.717) is 10.7 Å². The van der Waals surface area contributed by atoms with E-state index in [1.54, 1.807) is 18.2 Å². The quantitative estimate of drug-likeness (QED) is 0.485. The molecule has 0 aliphatic heterocycles. The third-order valence-electron chi connectivity index (χ3n) is 3.79. The summed E-state index contributed by atoms with van der Waals surface area (Å²) in [5.41, 5.74) is 5.64. The Balaban J connectivity index is 1.91. The van der Waals surface area contributed by atoms with Gasteiger partial charge in [0.1, 0.15) is 0 Å². The summed E-state index contributed by atoms with van der Waals surface area (Å²) in [5, 5.41) is 6.80. The summed E-state index contributed by atoms with van der Waals surface area (Å²) >= 11 is 5.99. The van der Waals surface area contributed by atoms with E-state index >= 15 is 0 Å². The molecule has 2 N–H and O–H groups in total. The lowest BCUT2D eigenvalue weighted by Crippen LogP contribution is -2.32. The first kappa shape index (κ1) is 19.7. The molecule has 0 bridgehead atoms. The molecule has 0 spiro atoms. The fourth-order valence-electron chi connectivity index (χ4n) is 2.14. The highest BCUT2D eigenvalue weighted by atomic mass is 35.5. The molecule has 5 nitrogen and oxygen atoms in total. The molecule has 0 radical (unpaired) electrons. The van der Waals surface area contributed by atoms with Gasteiger partial charge in [-0.1, -0.05) is 62.7 Å². The molecule has 0 saturated carbocycles. The summed E-state index contributed by atoms with van der Waals surface area (Å²) in [5.74, 6) is -1.67. The zero-order valence-corrected chi connectivity index (χ0v) is 16.0. The van der Waals surface area contributed by atoms with Crippen LogP contribution < -0.4 is 10.7 Å². The van der Waals surface area contributed by atoms with E-state index in [1.165, 1.54) is 11.8 Å². The number of carbonyl (C=O) groups is 2. The van der Waals surface area contributed by atoms with E-state index in [-0.39, 0.29) is 5.41 Å². The van der Waals surface area contributed by atoms with Gasteiger partial charge < -0.3 is 5.32 Å². The number of amides is 2. The molecule has 0 saturated heterocycles. The number of hydrogen-bond donors (Lipinski definition) is 2. The molecule has 26 heavy (non-hydrogen) atoms. The van der Waals surface area contributed by atoms with Gasteiger partial charge >= 0.3 is 11.8 Å². The normalized spacial score (nSPS) is 11.4. The van der Waals surface area contributed by atoms with Crippen molar-refractivity contribution in [2.24, 2.45) is 5.10 Å². The van der Waals surface area contributed by atoms with Gasteiger partial charge in [-0.25, -0.2) is 5.43 Å². The fourth-order valence-corrected chi connectivity index (χ4v) is 2.32. The Hall–Kier alpha value is -2.66. The van der Waals surface area contributed by atoms with Crippen molar-refractivity contribution in [1.82, 2.24) is 5.43 Å². The van der Waals surface area contributed by atoms with Crippen molar-refractivity contribution in [3.63, 3.8) is 0 Å². The van der Waals surface area contributed by atoms with E-state index < -0.39 is 11.8 Å². The molecule has 0 atom stereocenters. The summed E-state index contributed by atoms with van der Waals surface area (Å²) < 4.78 is 0. The van der Waals surface area contributed by atoms with Crippen molar-refractivity contribution >= 4 is 35.3 Å². The molecule has 0 unspecified atom stereocenters. The first-order chi connectivity index (χ1) is 12.2. The van der Waals surface area contributed by atoms with Crippen LogP contribution in [-0.4, -0.2) is 18.0 Å². The third kappa shape index (κ3) is 5.43. The van der Waals surface area contributed by atoms with E-state index in [1.807, 2.05) is 31.2 Å². The number of benzene rings is 2. The van der Waals surface area contributed by atoms with Crippen LogP contribution in [0, 0.1) is 6.92 Å². The van der Waals surface area contributed by atoms with Crippen molar-refractivity contribution < 1.29 is 9.59 Å². The molecule has 0 aliphatic carbocycles. The SMILES string of the molecule is Cc1ccc(NC(=O)C(=O)N/N=C/c2ccc(C(C)(C)C)cc2)cc1Cl. The van der Waals surface area contributed by atoms with Gasteiger partial charge in [-0.15, -0.1) is 0 Å². The molecule has 0 heterocycles. The summed E-state index contributed by atoms with van der Waals surface area (Å²) in [7, 11) is 0. The number of nitrogens with zero attached hydrogens (tertiary/aromatic N) is 1. The van der Waals surface area contributed by atoms with Crippen LogP contribution in [0.4, 0.5) is 5.69 Å². The number of aryl methyl sites for hydroxylation is 1. The number of nitrogens with one attached hydrogen (secondary N) is 2. The Bertz CT molecular complexity index is 837. The van der Waals surface area contributed by atoms with Crippen LogP contribution in [0.25, 0.3) is 0 Å². The van der Waals surface area contributed by atoms with Crippen LogP contribution in [0.15, 0.2) is 47.6 Å². The molecular formula is C20H22ClN3O2. The number of hydrazone groups is 1. The van der Waals surface area contributed by atoms with E-state index in [9.17, 15) is 9.59 Å². The predicted molar refractivity (Wildman–Crippen MR) is 106 cm³/mol. The van der Waals surface area contributed by atoms with Gasteiger partial charge in [0.25, 0.3) is 0 Å². The van der Waals surface area contributed by atoms with Gasteiger partial charge in [-0.05, 0) is 41.2 Å². The standard InChI is InChI=1S/C20H22ClN3O2/c1-13-5-10-16(11-17(13)21)23-18(25)19(26)24-22-12-14-6-8-15(9-7-14)20(2,3)4/h5-12H,1-4H3,(H,23,25)(H,24,26)/b22-12+. The van der Waals surface area contributed by atoms with Crippen molar-refractivity contribution in [2.75, 3.05) is 5.32 Å². The van der Waals surface area contributed by atoms with Crippen LogP contribution in [0.1, 0.15) is 37.5 Å². The molecule has 2 amide bonds. The van der Waals surface area contributed by atoms with Crippen LogP contribution >= 0.6 is 11.6 Å². The minimum absolute atomic E-state index is 0.0703. The van der Waals surface area contributed by atoms with Crippen molar-refractivity contribution in [3.8, 4) is 0 Å². The molecular weight excluding hydrogens is 350 g/mol. The van der Waals surface area contributed by atoms with Gasteiger partial charge in [0.2, 0.25) is 0 Å². The lowest BCUT2D eigenvalue weighted by molar-refractivity contribution is -0.136. The van der Waals surface area contributed by atoms with E-state index in [0.717, 1.165) is 11.1 Å². The van der Waals surface area contributed by atoms with Crippen LogP contribution in [-0.2, 0) is 15.0 Å². The summed E-state index contributed by atoms with van der Waals surface area (Å²) in [4.78, 5) is 23.7. The molecule has 2 rings (SSSR count). The maximum atomic E-state index is 11.9. The minimum atomic E-state index is -0.857. The molecule has 2 aromatic carbocycles. The second-order valence-electron chi connectivity index (χ2n) is 6.99. The molecule has 0 fully saturated rings. The lowest BCUT2D eigenvalue weighted by Gasteiger charge is -2.18. The first-order valence-corrected chi connectivity index (χ1v) is 8.56. The average molecular weight is 372 g/mol. The number of hydrogen-bond acceptors (Lipinski definition) is 3. The number of rotatable bonds is 3. The number of halogens is 1. The molecule has 0 aromatic heterocycles. The highest BCUT2D eigenvalue weighted by Gasteiger charge is 2.14. The Morgan fingerprint density at radius 3 is 2.27 bits per heavy atom. The Morgan fingerprint density at radius 1 is 1.04 bits per heavy atom. The number of carbonyl (C=O) groups excluding carboxylic acids is 2. The molecule has 2 aromatic rings. The highest BCUT2D eigenvalue weighted by Crippen LogP contribution is 2.22. The first-order valence-electron chi connectivity index (χ1n) is 8.18. The Labute approximate surface area is 158 Å². The lowest BCUT2D eigenvalue weighted by atomic mass is 9.87. The third-order valence-corrected chi connectivity index (χ3v) is 4.20. The maximum Gasteiger partial charge on any atom is 0.329 e. The van der Waals surface area contributed by atoms with E-state index in [2.05, 4.69) is 36.6 Å². The molecule has 136 valence electrons. The Kier molecular flexibility index (Phi) is 6.16.